The lowest BCUT2D eigenvalue weighted by molar-refractivity contribution is -0.384. The minimum atomic E-state index is -4.09. The second kappa shape index (κ2) is 9.52. The van der Waals surface area contributed by atoms with Crippen LogP contribution < -0.4 is 10.1 Å². The van der Waals surface area contributed by atoms with E-state index < -0.39 is 20.6 Å². The molecule has 0 aromatic heterocycles. The molecule has 160 valence electrons. The average molecular weight is 500 g/mol. The first-order valence-corrected chi connectivity index (χ1v) is 11.1. The molecule has 31 heavy (non-hydrogen) atoms. The Morgan fingerprint density at radius 3 is 2.29 bits per heavy atom. The maximum Gasteiger partial charge on any atom is 0.295 e. The lowest BCUT2D eigenvalue weighted by Crippen LogP contribution is -2.13. The number of nitrogens with one attached hydrogen (secondary N) is 2. The van der Waals surface area contributed by atoms with Crippen LogP contribution in [-0.2, 0) is 10.0 Å². The average Bonchev–Trinajstić information content (AvgIpc) is 2.69. The van der Waals surface area contributed by atoms with E-state index in [1.165, 1.54) is 30.5 Å². The van der Waals surface area contributed by atoms with Crippen molar-refractivity contribution in [2.24, 2.45) is 5.10 Å². The van der Waals surface area contributed by atoms with Crippen LogP contribution in [0, 0.1) is 10.1 Å². The molecule has 0 aliphatic rings. The number of nitro benzene ring substituents is 1. The van der Waals surface area contributed by atoms with E-state index in [0.717, 1.165) is 6.07 Å². The lowest BCUT2D eigenvalue weighted by atomic mass is 10.2. The number of hydrogen-bond donors (Lipinski definition) is 2. The van der Waals surface area contributed by atoms with E-state index in [1.54, 1.807) is 30.3 Å². The fourth-order valence-electron chi connectivity index (χ4n) is 2.49. The predicted octanol–water partition coefficient (Wildman–Crippen LogP) is 5.80. The summed E-state index contributed by atoms with van der Waals surface area (Å²) in [5, 5.41) is 16.4. The van der Waals surface area contributed by atoms with Gasteiger partial charge in [-0.15, -0.1) is 0 Å². The van der Waals surface area contributed by atoms with Crippen molar-refractivity contribution < 1.29 is 13.3 Å². The molecule has 0 saturated carbocycles. The third-order valence-corrected chi connectivity index (χ3v) is 6.20. The predicted molar refractivity (Wildman–Crippen MR) is 123 cm³/mol. The van der Waals surface area contributed by atoms with Gasteiger partial charge in [0.2, 0.25) is 0 Å². The highest BCUT2D eigenvalue weighted by Gasteiger charge is 2.21. The molecule has 12 heteroatoms. The van der Waals surface area contributed by atoms with Gasteiger partial charge in [-0.25, -0.2) is 8.42 Å². The van der Waals surface area contributed by atoms with Gasteiger partial charge in [0.1, 0.15) is 5.69 Å². The fraction of sp³-hybridized carbons (Fsp3) is 0. The molecule has 0 radical (unpaired) electrons. The van der Waals surface area contributed by atoms with Gasteiger partial charge in [0, 0.05) is 16.7 Å². The van der Waals surface area contributed by atoms with Crippen LogP contribution in [0.1, 0.15) is 5.56 Å². The number of hydrogen-bond acceptors (Lipinski definition) is 6. The third kappa shape index (κ3) is 5.65. The largest absolute Gasteiger partial charge is 0.295 e. The first-order chi connectivity index (χ1) is 14.7. The van der Waals surface area contributed by atoms with E-state index in [1.807, 2.05) is 0 Å². The van der Waals surface area contributed by atoms with Crippen molar-refractivity contribution in [2.75, 3.05) is 10.1 Å². The number of hydrazone groups is 1. The van der Waals surface area contributed by atoms with Gasteiger partial charge in [-0.1, -0.05) is 46.9 Å². The molecule has 0 bridgehead atoms. The summed E-state index contributed by atoms with van der Waals surface area (Å²) in [6, 6.07) is 14.3. The molecule has 0 saturated heterocycles. The van der Waals surface area contributed by atoms with Crippen LogP contribution in [0.5, 0.6) is 0 Å². The van der Waals surface area contributed by atoms with Crippen LogP contribution >= 0.6 is 34.8 Å². The van der Waals surface area contributed by atoms with Gasteiger partial charge in [-0.2, -0.15) is 5.10 Å². The van der Waals surface area contributed by atoms with Crippen LogP contribution in [0.25, 0.3) is 0 Å². The zero-order chi connectivity index (χ0) is 22.6. The van der Waals surface area contributed by atoms with E-state index in [4.69, 9.17) is 34.8 Å². The number of rotatable bonds is 7. The van der Waals surface area contributed by atoms with Crippen LogP contribution in [0.2, 0.25) is 15.1 Å². The van der Waals surface area contributed by atoms with E-state index >= 15 is 0 Å². The van der Waals surface area contributed by atoms with Crippen LogP contribution in [0.3, 0.4) is 0 Å². The third-order valence-electron chi connectivity index (χ3n) is 3.93. The summed E-state index contributed by atoms with van der Waals surface area (Å²) in [6.45, 7) is 0. The number of nitrogens with zero attached hydrogens (tertiary/aromatic N) is 2. The highest BCUT2D eigenvalue weighted by atomic mass is 35.5. The zero-order valence-electron chi connectivity index (χ0n) is 15.4. The summed E-state index contributed by atoms with van der Waals surface area (Å²) in [5.74, 6) is 0. The molecule has 2 N–H and O–H groups in total. The van der Waals surface area contributed by atoms with Crippen molar-refractivity contribution in [1.82, 2.24) is 0 Å². The highest BCUT2D eigenvalue weighted by molar-refractivity contribution is 7.92. The molecule has 0 spiro atoms. The van der Waals surface area contributed by atoms with E-state index in [9.17, 15) is 18.5 Å². The Morgan fingerprint density at radius 2 is 1.65 bits per heavy atom. The smallest absolute Gasteiger partial charge is 0.280 e. The van der Waals surface area contributed by atoms with E-state index in [2.05, 4.69) is 15.2 Å². The van der Waals surface area contributed by atoms with Gasteiger partial charge >= 0.3 is 0 Å². The van der Waals surface area contributed by atoms with Crippen molar-refractivity contribution in [3.8, 4) is 0 Å². The second-order valence-corrected chi connectivity index (χ2v) is 8.99. The molecule has 0 unspecified atom stereocenters. The number of sulfonamides is 1. The number of halogens is 3. The topological polar surface area (TPSA) is 114 Å². The van der Waals surface area contributed by atoms with E-state index in [0.29, 0.717) is 20.6 Å². The van der Waals surface area contributed by atoms with Crippen molar-refractivity contribution in [3.05, 3.63) is 91.4 Å². The van der Waals surface area contributed by atoms with Gasteiger partial charge in [-0.05, 0) is 42.5 Å². The molecule has 0 heterocycles. The number of nitro groups is 1. The SMILES string of the molecule is O=[N+]([O-])c1cc(S(=O)(=O)Nc2cccc(Cl)c2)ccc1NN=Cc1c(Cl)cccc1Cl. The van der Waals surface area contributed by atoms with Crippen LogP contribution in [0.4, 0.5) is 17.1 Å². The molecule has 3 rings (SSSR count). The molecular weight excluding hydrogens is 487 g/mol. The van der Waals surface area contributed by atoms with Gasteiger partial charge < -0.3 is 0 Å². The molecule has 3 aromatic carbocycles. The zero-order valence-corrected chi connectivity index (χ0v) is 18.5. The molecule has 0 atom stereocenters. The Bertz CT molecular complexity index is 1260. The highest BCUT2D eigenvalue weighted by Crippen LogP contribution is 2.29. The summed E-state index contributed by atoms with van der Waals surface area (Å²) in [7, 11) is -4.09. The molecule has 0 amide bonds. The van der Waals surface area contributed by atoms with Crippen LogP contribution in [-0.4, -0.2) is 19.6 Å². The molecule has 3 aromatic rings. The lowest BCUT2D eigenvalue weighted by Gasteiger charge is -2.09. The first kappa shape index (κ1) is 22.8. The molecule has 8 nitrogen and oxygen atoms in total. The number of benzene rings is 3. The second-order valence-electron chi connectivity index (χ2n) is 6.06. The summed E-state index contributed by atoms with van der Waals surface area (Å²) < 4.78 is 27.6. The molecule has 0 aliphatic heterocycles. The Balaban J connectivity index is 1.87. The fourth-order valence-corrected chi connectivity index (χ4v) is 4.25. The quantitative estimate of drug-likeness (QED) is 0.242. The minimum Gasteiger partial charge on any atom is -0.280 e. The van der Waals surface area contributed by atoms with Crippen molar-refractivity contribution in [1.29, 1.82) is 0 Å². The maximum absolute atomic E-state index is 12.6. The summed E-state index contributed by atoms with van der Waals surface area (Å²) in [6.07, 6.45) is 1.31. The van der Waals surface area contributed by atoms with Crippen molar-refractivity contribution >= 4 is 68.1 Å². The van der Waals surface area contributed by atoms with Gasteiger partial charge in [-0.3, -0.25) is 20.3 Å². The first-order valence-electron chi connectivity index (χ1n) is 8.47. The Hall–Kier alpha value is -2.85. The maximum atomic E-state index is 12.6. The van der Waals surface area contributed by atoms with Gasteiger partial charge in [0.25, 0.3) is 15.7 Å². The monoisotopic (exact) mass is 498 g/mol. The Labute approximate surface area is 192 Å². The van der Waals surface area contributed by atoms with Gasteiger partial charge in [0.05, 0.1) is 31.8 Å². The number of anilines is 2. The minimum absolute atomic E-state index is 0.0221. The van der Waals surface area contributed by atoms with Gasteiger partial charge in [0.15, 0.2) is 0 Å². The summed E-state index contributed by atoms with van der Waals surface area (Å²) >= 11 is 18.0. The van der Waals surface area contributed by atoms with Crippen LogP contribution in [0.15, 0.2) is 70.7 Å². The summed E-state index contributed by atoms with van der Waals surface area (Å²) in [4.78, 5) is 10.5. The normalized spacial score (nSPS) is 11.5. The van der Waals surface area contributed by atoms with Crippen molar-refractivity contribution in [2.45, 2.75) is 4.90 Å². The molecular formula is C19H13Cl3N4O4S. The van der Waals surface area contributed by atoms with E-state index in [-0.39, 0.29) is 16.3 Å². The molecule has 0 fully saturated rings. The summed E-state index contributed by atoms with van der Waals surface area (Å²) in [5.41, 5.74) is 2.64. The van der Waals surface area contributed by atoms with Crippen molar-refractivity contribution in [3.63, 3.8) is 0 Å². The Kier molecular flexibility index (Phi) is 7.01. The standard InChI is InChI=1S/C19H13Cl3N4O4S/c20-12-3-1-4-13(9-12)25-31(29,30)14-7-8-18(19(10-14)26(27)28)24-23-11-15-16(21)5-2-6-17(15)22/h1-11,24-25H. The molecule has 0 aliphatic carbocycles. The Morgan fingerprint density at radius 1 is 0.968 bits per heavy atom.